The highest BCUT2D eigenvalue weighted by Crippen LogP contribution is 2.40. The number of piperazine rings is 1. The van der Waals surface area contributed by atoms with Gasteiger partial charge in [0.25, 0.3) is 0 Å². The number of hydrogen-bond acceptors (Lipinski definition) is 11. The zero-order valence-electron chi connectivity index (χ0n) is 28.3. The van der Waals surface area contributed by atoms with Crippen molar-refractivity contribution in [2.24, 2.45) is 0 Å². The van der Waals surface area contributed by atoms with Gasteiger partial charge in [-0.25, -0.2) is 4.98 Å². The molecule has 47 heavy (non-hydrogen) atoms. The highest BCUT2D eigenvalue weighted by Gasteiger charge is 2.24. The van der Waals surface area contributed by atoms with Crippen molar-refractivity contribution < 1.29 is 18.8 Å². The first-order valence-corrected chi connectivity index (χ1v) is 19.3. The molecule has 3 aromatic rings. The van der Waals surface area contributed by atoms with Gasteiger partial charge in [-0.1, -0.05) is 23.7 Å². The summed E-state index contributed by atoms with van der Waals surface area (Å²) in [5.74, 6) is 1.97. The van der Waals surface area contributed by atoms with Crippen LogP contribution in [0, 0.1) is 6.92 Å². The molecule has 0 spiro atoms. The van der Waals surface area contributed by atoms with Gasteiger partial charge in [0.15, 0.2) is 5.82 Å². The maximum atomic E-state index is 12.9. The van der Waals surface area contributed by atoms with Crippen LogP contribution >= 0.6 is 18.7 Å². The zero-order valence-corrected chi connectivity index (χ0v) is 29.9. The van der Waals surface area contributed by atoms with Crippen LogP contribution in [0.5, 0.6) is 5.75 Å². The van der Waals surface area contributed by atoms with Crippen molar-refractivity contribution in [3.63, 3.8) is 0 Å². The summed E-state index contributed by atoms with van der Waals surface area (Å²) in [6.07, 6.45) is 3.68. The van der Waals surface area contributed by atoms with Crippen molar-refractivity contribution in [2.75, 3.05) is 97.1 Å². The maximum Gasteiger partial charge on any atom is 0.229 e. The number of ether oxygens (including phenoxy) is 3. The highest BCUT2D eigenvalue weighted by atomic mass is 35.5. The van der Waals surface area contributed by atoms with Gasteiger partial charge in [0.1, 0.15) is 31.4 Å². The van der Waals surface area contributed by atoms with Gasteiger partial charge in [0.2, 0.25) is 5.95 Å². The molecular formula is C34H49ClN7O4P. The number of halogens is 1. The van der Waals surface area contributed by atoms with Crippen molar-refractivity contribution in [1.29, 1.82) is 0 Å². The quantitative estimate of drug-likeness (QED) is 0.198. The van der Waals surface area contributed by atoms with E-state index in [0.717, 1.165) is 82.2 Å². The number of benzene rings is 2. The van der Waals surface area contributed by atoms with Gasteiger partial charge in [0, 0.05) is 51.2 Å². The molecule has 2 saturated heterocycles. The topological polar surface area (TPSA) is 104 Å². The third-order valence-electron chi connectivity index (χ3n) is 8.83. The number of piperidine rings is 1. The molecule has 0 saturated carbocycles. The predicted molar refractivity (Wildman–Crippen MR) is 191 cm³/mol. The summed E-state index contributed by atoms with van der Waals surface area (Å²) >= 11 is 6.47. The Hall–Kier alpha value is -2.76. The van der Waals surface area contributed by atoms with E-state index in [0.29, 0.717) is 41.9 Å². The Morgan fingerprint density at radius 1 is 0.915 bits per heavy atom. The average molecular weight is 686 g/mol. The molecule has 3 heterocycles. The van der Waals surface area contributed by atoms with E-state index >= 15 is 0 Å². The summed E-state index contributed by atoms with van der Waals surface area (Å²) in [6, 6.07) is 11.7. The number of methoxy groups -OCH3 is 1. The lowest BCUT2D eigenvalue weighted by Crippen LogP contribution is -2.48. The van der Waals surface area contributed by atoms with E-state index in [1.54, 1.807) is 26.6 Å². The van der Waals surface area contributed by atoms with E-state index in [-0.39, 0.29) is 0 Å². The van der Waals surface area contributed by atoms with Gasteiger partial charge in [-0.3, -0.25) is 14.7 Å². The average Bonchev–Trinajstić information content (AvgIpc) is 3.06. The third-order valence-corrected chi connectivity index (χ3v) is 10.7. The first-order valence-electron chi connectivity index (χ1n) is 16.4. The first kappa shape index (κ1) is 35.5. The van der Waals surface area contributed by atoms with Crippen molar-refractivity contribution in [3.8, 4) is 5.75 Å². The second-order valence-corrected chi connectivity index (χ2v) is 16.2. The number of rotatable bonds is 14. The van der Waals surface area contributed by atoms with Crippen LogP contribution in [0.3, 0.4) is 0 Å². The van der Waals surface area contributed by atoms with E-state index in [4.69, 9.17) is 25.8 Å². The normalized spacial score (nSPS) is 17.1. The second kappa shape index (κ2) is 16.6. The minimum Gasteiger partial charge on any atom is -0.495 e. The van der Waals surface area contributed by atoms with Gasteiger partial charge in [-0.2, -0.15) is 4.98 Å². The third kappa shape index (κ3) is 9.66. The Kier molecular flexibility index (Phi) is 12.5. The van der Waals surface area contributed by atoms with Crippen molar-refractivity contribution in [3.05, 3.63) is 58.7 Å². The van der Waals surface area contributed by atoms with Crippen LogP contribution in [-0.4, -0.2) is 111 Å². The molecule has 256 valence electrons. The Morgan fingerprint density at radius 3 is 2.19 bits per heavy atom. The highest BCUT2D eigenvalue weighted by molar-refractivity contribution is 7.70. The van der Waals surface area contributed by atoms with Crippen LogP contribution in [0.4, 0.5) is 23.1 Å². The number of nitrogens with zero attached hydrogens (tertiary/aromatic N) is 5. The number of hydrogen-bond donors (Lipinski definition) is 2. The molecule has 11 nitrogen and oxygen atoms in total. The van der Waals surface area contributed by atoms with Crippen LogP contribution in [0.1, 0.15) is 36.8 Å². The molecule has 2 aliphatic rings. The molecule has 2 N–H and O–H groups in total. The summed E-state index contributed by atoms with van der Waals surface area (Å²) in [5, 5.41) is 7.68. The number of para-hydroxylation sites is 1. The van der Waals surface area contributed by atoms with Gasteiger partial charge in [-0.15, -0.1) is 0 Å². The Labute approximate surface area is 284 Å². The molecule has 0 aliphatic carbocycles. The van der Waals surface area contributed by atoms with E-state index in [9.17, 15) is 4.57 Å². The summed E-state index contributed by atoms with van der Waals surface area (Å²) in [4.78, 5) is 16.2. The van der Waals surface area contributed by atoms with Crippen molar-refractivity contribution >= 4 is 47.2 Å². The molecule has 2 aliphatic heterocycles. The molecule has 0 amide bonds. The van der Waals surface area contributed by atoms with Gasteiger partial charge in [0.05, 0.1) is 31.4 Å². The molecule has 0 bridgehead atoms. The summed E-state index contributed by atoms with van der Waals surface area (Å²) in [6.45, 7) is 16.6. The van der Waals surface area contributed by atoms with E-state index < -0.39 is 7.14 Å². The minimum atomic E-state index is -2.52. The van der Waals surface area contributed by atoms with Crippen LogP contribution in [0.2, 0.25) is 5.02 Å². The lowest BCUT2D eigenvalue weighted by molar-refractivity contribution is -0.0607. The Morgan fingerprint density at radius 2 is 1.55 bits per heavy atom. The van der Waals surface area contributed by atoms with Crippen LogP contribution in [0.25, 0.3) is 0 Å². The van der Waals surface area contributed by atoms with Crippen molar-refractivity contribution in [2.45, 2.75) is 32.6 Å². The predicted octanol–water partition coefficient (Wildman–Crippen LogP) is 5.90. The fourth-order valence-corrected chi connectivity index (χ4v) is 7.46. The number of anilines is 4. The molecule has 5 rings (SSSR count). The van der Waals surface area contributed by atoms with Gasteiger partial charge < -0.3 is 29.4 Å². The summed E-state index contributed by atoms with van der Waals surface area (Å²) in [5.41, 5.74) is 3.97. The van der Waals surface area contributed by atoms with E-state index in [2.05, 4.69) is 54.4 Å². The SMILES string of the molecule is CCOCN1CCN(COCN2CCC(c3cc(OC)c(Nc4ncc(Cl)c(Nc5ccccc5P(C)(C)=O)n4)cc3C)CC2)CC1. The monoisotopic (exact) mass is 685 g/mol. The molecule has 13 heteroatoms. The van der Waals surface area contributed by atoms with Gasteiger partial charge >= 0.3 is 0 Å². The van der Waals surface area contributed by atoms with Crippen LogP contribution in [-0.2, 0) is 14.0 Å². The van der Waals surface area contributed by atoms with Crippen molar-refractivity contribution in [1.82, 2.24) is 24.7 Å². The number of aryl methyl sites for hydroxylation is 1. The fourth-order valence-electron chi connectivity index (χ4n) is 6.16. The maximum absolute atomic E-state index is 12.9. The summed E-state index contributed by atoms with van der Waals surface area (Å²) < 4.78 is 30.3. The van der Waals surface area contributed by atoms with E-state index in [1.165, 1.54) is 11.1 Å². The zero-order chi connectivity index (χ0) is 33.4. The minimum absolute atomic E-state index is 0.360. The lowest BCUT2D eigenvalue weighted by atomic mass is 9.86. The smallest absolute Gasteiger partial charge is 0.229 e. The van der Waals surface area contributed by atoms with Crippen LogP contribution < -0.4 is 20.7 Å². The molecule has 0 unspecified atom stereocenters. The number of likely N-dealkylation sites (tertiary alicyclic amines) is 1. The summed E-state index contributed by atoms with van der Waals surface area (Å²) in [7, 11) is -0.843. The van der Waals surface area contributed by atoms with Gasteiger partial charge in [-0.05, 0) is 81.3 Å². The Bertz CT molecular complexity index is 1520. The molecule has 2 fully saturated rings. The van der Waals surface area contributed by atoms with E-state index in [1.807, 2.05) is 31.2 Å². The molecule has 1 aromatic heterocycles. The number of aromatic nitrogens is 2. The molecule has 2 aromatic carbocycles. The lowest BCUT2D eigenvalue weighted by Gasteiger charge is -2.35. The standard InChI is InChI=1S/C34H49ClN7O4P/c1-6-45-22-41-15-17-42(18-16-41)24-46-23-40-13-11-26(12-14-40)27-20-31(44-3)30(19-25(27)2)38-34-36-21-28(35)33(39-34)37-29-9-7-8-10-32(29)47(4,5)43/h7-10,19-21,26H,6,11-18,22-24H2,1-5H3,(H2,36,37,38,39). The molecule has 0 atom stereocenters. The molecule has 0 radical (unpaired) electrons. The molecular weight excluding hydrogens is 637 g/mol. The van der Waals surface area contributed by atoms with Crippen LogP contribution in [0.15, 0.2) is 42.6 Å². The largest absolute Gasteiger partial charge is 0.495 e. The first-order chi connectivity index (χ1) is 22.6. The number of nitrogens with one attached hydrogen (secondary N) is 2. The fraction of sp³-hybridized carbons (Fsp3) is 0.529. The Balaban J connectivity index is 1.16. The second-order valence-electron chi connectivity index (χ2n) is 12.6.